The molecule has 0 saturated carbocycles. The van der Waals surface area contributed by atoms with E-state index < -0.39 is 0 Å². The quantitative estimate of drug-likeness (QED) is 0.870. The molecule has 0 saturated heterocycles. The second-order valence-corrected chi connectivity index (χ2v) is 5.13. The maximum atomic E-state index is 11.7. The molecule has 0 unspecified atom stereocenters. The van der Waals surface area contributed by atoms with E-state index in [-0.39, 0.29) is 11.7 Å². The van der Waals surface area contributed by atoms with Gasteiger partial charge < -0.3 is 4.74 Å². The van der Waals surface area contributed by atoms with E-state index in [9.17, 15) is 4.79 Å². The van der Waals surface area contributed by atoms with Crippen molar-refractivity contribution in [2.24, 2.45) is 0 Å². The van der Waals surface area contributed by atoms with Gasteiger partial charge in [0.25, 0.3) is 5.56 Å². The summed E-state index contributed by atoms with van der Waals surface area (Å²) in [6.45, 7) is 3.96. The Bertz CT molecular complexity index is 587. The minimum absolute atomic E-state index is 0.0595. The fourth-order valence-corrected chi connectivity index (χ4v) is 1.96. The van der Waals surface area contributed by atoms with Crippen molar-refractivity contribution in [1.29, 1.82) is 0 Å². The summed E-state index contributed by atoms with van der Waals surface area (Å²) in [5.41, 5.74) is 0.758. The van der Waals surface area contributed by atoms with E-state index in [4.69, 9.17) is 4.74 Å². The maximum Gasteiger partial charge on any atom is 0.255 e. The Labute approximate surface area is 114 Å². The van der Waals surface area contributed by atoms with Gasteiger partial charge in [-0.15, -0.1) is 0 Å². The highest BCUT2D eigenvalue weighted by Gasteiger charge is 2.02. The van der Waals surface area contributed by atoms with E-state index in [2.05, 4.69) is 15.9 Å². The number of rotatable bonds is 3. The molecule has 0 N–H and O–H groups in total. The zero-order valence-electron chi connectivity index (χ0n) is 10.3. The lowest BCUT2D eigenvalue weighted by Gasteiger charge is -2.11. The van der Waals surface area contributed by atoms with E-state index in [1.807, 2.05) is 38.1 Å². The Morgan fingerprint density at radius 3 is 2.39 bits per heavy atom. The van der Waals surface area contributed by atoms with Crippen LogP contribution in [0.25, 0.3) is 5.69 Å². The van der Waals surface area contributed by atoms with Gasteiger partial charge >= 0.3 is 0 Å². The topological polar surface area (TPSA) is 31.2 Å². The zero-order valence-corrected chi connectivity index (χ0v) is 11.8. The van der Waals surface area contributed by atoms with Gasteiger partial charge in [0.05, 0.1) is 6.10 Å². The number of pyridine rings is 1. The average Bonchev–Trinajstić information content (AvgIpc) is 2.33. The predicted molar refractivity (Wildman–Crippen MR) is 75.5 cm³/mol. The minimum atomic E-state index is -0.0595. The van der Waals surface area contributed by atoms with Crippen LogP contribution in [0, 0.1) is 0 Å². The van der Waals surface area contributed by atoms with Crippen molar-refractivity contribution in [1.82, 2.24) is 4.57 Å². The molecule has 2 aromatic rings. The van der Waals surface area contributed by atoms with Crippen LogP contribution in [-0.2, 0) is 0 Å². The van der Waals surface area contributed by atoms with Gasteiger partial charge in [0, 0.05) is 22.4 Å². The number of hydrogen-bond donors (Lipinski definition) is 0. The van der Waals surface area contributed by atoms with Gasteiger partial charge in [0.2, 0.25) is 0 Å². The third-order valence-corrected chi connectivity index (χ3v) is 2.83. The Morgan fingerprint density at radius 2 is 1.78 bits per heavy atom. The molecule has 0 bridgehead atoms. The molecule has 18 heavy (non-hydrogen) atoms. The summed E-state index contributed by atoms with van der Waals surface area (Å²) in [5, 5.41) is 0. The summed E-state index contributed by atoms with van der Waals surface area (Å²) in [4.78, 5) is 11.7. The second-order valence-electron chi connectivity index (χ2n) is 4.22. The number of benzene rings is 1. The zero-order chi connectivity index (χ0) is 13.1. The summed E-state index contributed by atoms with van der Waals surface area (Å²) in [6.07, 6.45) is 1.89. The Kier molecular flexibility index (Phi) is 3.87. The number of aromatic nitrogens is 1. The van der Waals surface area contributed by atoms with Gasteiger partial charge in [-0.2, -0.15) is 0 Å². The monoisotopic (exact) mass is 307 g/mol. The van der Waals surface area contributed by atoms with Crippen molar-refractivity contribution in [2.45, 2.75) is 20.0 Å². The van der Waals surface area contributed by atoms with Crippen molar-refractivity contribution in [2.75, 3.05) is 0 Å². The lowest BCUT2D eigenvalue weighted by atomic mass is 10.3. The number of nitrogens with zero attached hydrogens (tertiary/aromatic N) is 1. The van der Waals surface area contributed by atoms with Crippen molar-refractivity contribution in [3.63, 3.8) is 0 Å². The molecule has 2 rings (SSSR count). The van der Waals surface area contributed by atoms with Crippen LogP contribution in [0.3, 0.4) is 0 Å². The van der Waals surface area contributed by atoms with Crippen LogP contribution >= 0.6 is 15.9 Å². The largest absolute Gasteiger partial charge is 0.491 e. The van der Waals surface area contributed by atoms with E-state index in [1.165, 1.54) is 6.07 Å². The number of halogens is 1. The molecule has 0 aliphatic rings. The summed E-state index contributed by atoms with van der Waals surface area (Å²) in [6, 6.07) is 10.7. The lowest BCUT2D eigenvalue weighted by molar-refractivity contribution is 0.242. The van der Waals surface area contributed by atoms with E-state index >= 15 is 0 Å². The summed E-state index contributed by atoms with van der Waals surface area (Å²) in [5.74, 6) is 0.803. The average molecular weight is 308 g/mol. The molecule has 1 heterocycles. The molecule has 0 aliphatic heterocycles. The van der Waals surface area contributed by atoms with Crippen molar-refractivity contribution < 1.29 is 4.74 Å². The van der Waals surface area contributed by atoms with Gasteiger partial charge in [0.15, 0.2) is 0 Å². The molecule has 4 heteroatoms. The first-order valence-electron chi connectivity index (χ1n) is 5.71. The standard InChI is InChI=1S/C14H14BrNO2/c1-10(2)18-13-6-4-12(5-7-13)16-9-11(15)3-8-14(16)17/h3-10H,1-2H3. The molecule has 1 aromatic heterocycles. The molecule has 0 aliphatic carbocycles. The van der Waals surface area contributed by atoms with Gasteiger partial charge in [0.1, 0.15) is 5.75 Å². The number of hydrogen-bond acceptors (Lipinski definition) is 2. The van der Waals surface area contributed by atoms with Gasteiger partial charge in [-0.25, -0.2) is 0 Å². The summed E-state index contributed by atoms with van der Waals surface area (Å²) in [7, 11) is 0. The van der Waals surface area contributed by atoms with Crippen LogP contribution in [0.2, 0.25) is 0 Å². The normalized spacial score (nSPS) is 10.7. The van der Waals surface area contributed by atoms with Crippen LogP contribution < -0.4 is 10.3 Å². The third-order valence-electron chi connectivity index (χ3n) is 2.36. The molecular formula is C14H14BrNO2. The minimum Gasteiger partial charge on any atom is -0.491 e. The Hall–Kier alpha value is -1.55. The van der Waals surface area contributed by atoms with Gasteiger partial charge in [-0.05, 0) is 60.1 Å². The lowest BCUT2D eigenvalue weighted by Crippen LogP contribution is -2.16. The molecule has 0 atom stereocenters. The Morgan fingerprint density at radius 1 is 1.11 bits per heavy atom. The maximum absolute atomic E-state index is 11.7. The van der Waals surface area contributed by atoms with Crippen LogP contribution in [0.15, 0.2) is 51.9 Å². The molecule has 1 aromatic carbocycles. The van der Waals surface area contributed by atoms with Crippen molar-refractivity contribution in [3.05, 3.63) is 57.4 Å². The smallest absolute Gasteiger partial charge is 0.255 e. The van der Waals surface area contributed by atoms with Gasteiger partial charge in [-0.3, -0.25) is 9.36 Å². The SMILES string of the molecule is CC(C)Oc1ccc(-n2cc(Br)ccc2=O)cc1. The molecular weight excluding hydrogens is 294 g/mol. The van der Waals surface area contributed by atoms with E-state index in [0.29, 0.717) is 0 Å². The highest BCUT2D eigenvalue weighted by molar-refractivity contribution is 9.10. The predicted octanol–water partition coefficient (Wildman–Crippen LogP) is 3.39. The van der Waals surface area contributed by atoms with E-state index in [0.717, 1.165) is 15.9 Å². The Balaban J connectivity index is 2.34. The van der Waals surface area contributed by atoms with Crippen molar-refractivity contribution >= 4 is 15.9 Å². The second kappa shape index (κ2) is 5.40. The molecule has 0 amide bonds. The fraction of sp³-hybridized carbons (Fsp3) is 0.214. The van der Waals surface area contributed by atoms with Crippen LogP contribution in [0.5, 0.6) is 5.75 Å². The molecule has 0 fully saturated rings. The summed E-state index contributed by atoms with van der Waals surface area (Å²) < 4.78 is 8.01. The van der Waals surface area contributed by atoms with Crippen LogP contribution in [0.4, 0.5) is 0 Å². The first-order valence-corrected chi connectivity index (χ1v) is 6.51. The molecule has 3 nitrogen and oxygen atoms in total. The highest BCUT2D eigenvalue weighted by atomic mass is 79.9. The molecule has 0 spiro atoms. The molecule has 0 radical (unpaired) electrons. The fourth-order valence-electron chi connectivity index (χ4n) is 1.62. The van der Waals surface area contributed by atoms with Crippen molar-refractivity contribution in [3.8, 4) is 11.4 Å². The summed E-state index contributed by atoms with van der Waals surface area (Å²) >= 11 is 3.36. The van der Waals surface area contributed by atoms with Gasteiger partial charge in [-0.1, -0.05) is 0 Å². The van der Waals surface area contributed by atoms with Crippen LogP contribution in [0.1, 0.15) is 13.8 Å². The molecule has 94 valence electrons. The number of ether oxygens (including phenoxy) is 1. The third kappa shape index (κ3) is 3.01. The van der Waals surface area contributed by atoms with E-state index in [1.54, 1.807) is 16.8 Å². The first-order chi connectivity index (χ1) is 8.56. The van der Waals surface area contributed by atoms with Crippen LogP contribution in [-0.4, -0.2) is 10.7 Å². The highest BCUT2D eigenvalue weighted by Crippen LogP contribution is 2.16. The first kappa shape index (κ1) is 12.9.